The van der Waals surface area contributed by atoms with E-state index < -0.39 is 0 Å². The monoisotopic (exact) mass is 210 g/mol. The van der Waals surface area contributed by atoms with Crippen molar-refractivity contribution in [3.63, 3.8) is 0 Å². The Hall–Kier alpha value is -1.56. The van der Waals surface area contributed by atoms with Gasteiger partial charge in [0.15, 0.2) is 0 Å². The topological polar surface area (TPSA) is 73.5 Å². The zero-order valence-corrected chi connectivity index (χ0v) is 8.64. The lowest BCUT2D eigenvalue weighted by molar-refractivity contribution is 0.122. The normalized spacial score (nSPS) is 16.5. The van der Waals surface area contributed by atoms with Gasteiger partial charge in [0.25, 0.3) is 0 Å². The fourth-order valence-corrected chi connectivity index (χ4v) is 1.45. The van der Waals surface area contributed by atoms with Crippen molar-refractivity contribution in [3.05, 3.63) is 6.20 Å². The highest BCUT2D eigenvalue weighted by molar-refractivity contribution is 5.49. The zero-order chi connectivity index (χ0) is 10.7. The molecule has 0 radical (unpaired) electrons. The number of nitrogen functional groups attached to an aromatic ring is 1. The second-order valence-electron chi connectivity index (χ2n) is 3.23. The summed E-state index contributed by atoms with van der Waals surface area (Å²) in [6, 6.07) is 0. The van der Waals surface area contributed by atoms with Crippen LogP contribution in [0.25, 0.3) is 0 Å². The molecular formula is C9H14N4O2. The summed E-state index contributed by atoms with van der Waals surface area (Å²) in [7, 11) is 1.54. The summed E-state index contributed by atoms with van der Waals surface area (Å²) in [5.41, 5.74) is 6.09. The molecule has 0 atom stereocenters. The van der Waals surface area contributed by atoms with Crippen LogP contribution in [0.5, 0.6) is 5.88 Å². The van der Waals surface area contributed by atoms with E-state index in [2.05, 4.69) is 9.97 Å². The van der Waals surface area contributed by atoms with Crippen LogP contribution in [0.1, 0.15) is 0 Å². The van der Waals surface area contributed by atoms with E-state index >= 15 is 0 Å². The molecule has 2 N–H and O–H groups in total. The van der Waals surface area contributed by atoms with Crippen molar-refractivity contribution in [3.8, 4) is 5.88 Å². The van der Waals surface area contributed by atoms with Crippen LogP contribution in [0.2, 0.25) is 0 Å². The van der Waals surface area contributed by atoms with E-state index in [4.69, 9.17) is 15.2 Å². The van der Waals surface area contributed by atoms with E-state index in [1.54, 1.807) is 13.3 Å². The van der Waals surface area contributed by atoms with Gasteiger partial charge in [0.05, 0.1) is 26.5 Å². The predicted molar refractivity (Wildman–Crippen MR) is 56.0 cm³/mol. The summed E-state index contributed by atoms with van der Waals surface area (Å²) >= 11 is 0. The van der Waals surface area contributed by atoms with Gasteiger partial charge < -0.3 is 20.1 Å². The number of nitrogens with zero attached hydrogens (tertiary/aromatic N) is 3. The van der Waals surface area contributed by atoms with Crippen molar-refractivity contribution >= 4 is 11.6 Å². The maximum atomic E-state index is 5.64. The molecule has 15 heavy (non-hydrogen) atoms. The van der Waals surface area contributed by atoms with E-state index in [9.17, 15) is 0 Å². The van der Waals surface area contributed by atoms with E-state index in [1.807, 2.05) is 4.90 Å². The molecule has 6 heteroatoms. The fourth-order valence-electron chi connectivity index (χ4n) is 1.45. The number of hydrogen-bond donors (Lipinski definition) is 1. The number of aromatic nitrogens is 2. The Labute approximate surface area is 88.0 Å². The maximum absolute atomic E-state index is 5.64. The van der Waals surface area contributed by atoms with E-state index in [0.29, 0.717) is 30.7 Å². The molecule has 1 saturated heterocycles. The standard InChI is InChI=1S/C9H14N4O2/c1-14-8-7(10)6-11-9(12-8)13-2-4-15-5-3-13/h6H,2-5,10H2,1H3. The number of methoxy groups -OCH3 is 1. The van der Waals surface area contributed by atoms with Gasteiger partial charge >= 0.3 is 0 Å². The zero-order valence-electron chi connectivity index (χ0n) is 8.64. The van der Waals surface area contributed by atoms with Crippen molar-refractivity contribution in [2.75, 3.05) is 44.0 Å². The van der Waals surface area contributed by atoms with Gasteiger partial charge in [-0.1, -0.05) is 0 Å². The minimum atomic E-state index is 0.423. The Morgan fingerprint density at radius 2 is 2.20 bits per heavy atom. The van der Waals surface area contributed by atoms with Gasteiger partial charge in [0.2, 0.25) is 11.8 Å². The number of nitrogens with two attached hydrogens (primary N) is 1. The third-order valence-corrected chi connectivity index (χ3v) is 2.25. The largest absolute Gasteiger partial charge is 0.479 e. The summed E-state index contributed by atoms with van der Waals surface area (Å²) in [5, 5.41) is 0. The van der Waals surface area contributed by atoms with Gasteiger partial charge in [0, 0.05) is 13.1 Å². The summed E-state index contributed by atoms with van der Waals surface area (Å²) in [4.78, 5) is 10.4. The predicted octanol–water partition coefficient (Wildman–Crippen LogP) is -0.0960. The molecule has 0 aliphatic carbocycles. The molecule has 1 aliphatic rings. The fraction of sp³-hybridized carbons (Fsp3) is 0.556. The lowest BCUT2D eigenvalue weighted by Crippen LogP contribution is -2.37. The maximum Gasteiger partial charge on any atom is 0.241 e. The first-order chi connectivity index (χ1) is 7.31. The highest BCUT2D eigenvalue weighted by Crippen LogP contribution is 2.20. The van der Waals surface area contributed by atoms with Crippen LogP contribution in [0.15, 0.2) is 6.20 Å². The van der Waals surface area contributed by atoms with Gasteiger partial charge in [0.1, 0.15) is 5.69 Å². The SMILES string of the molecule is COc1nc(N2CCOCC2)ncc1N. The molecule has 2 rings (SSSR count). The Kier molecular flexibility index (Phi) is 2.86. The molecule has 1 aromatic rings. The molecule has 0 saturated carbocycles. The van der Waals surface area contributed by atoms with E-state index in [1.165, 1.54) is 0 Å². The highest BCUT2D eigenvalue weighted by atomic mass is 16.5. The van der Waals surface area contributed by atoms with Crippen LogP contribution in [0.4, 0.5) is 11.6 Å². The molecule has 0 amide bonds. The second kappa shape index (κ2) is 4.31. The Bertz CT molecular complexity index is 339. The molecule has 2 heterocycles. The second-order valence-corrected chi connectivity index (χ2v) is 3.23. The lowest BCUT2D eigenvalue weighted by Gasteiger charge is -2.26. The summed E-state index contributed by atoms with van der Waals surface area (Å²) in [6.07, 6.45) is 1.57. The molecule has 0 spiro atoms. The third kappa shape index (κ3) is 2.10. The molecule has 1 aromatic heterocycles. The minimum absolute atomic E-state index is 0.423. The number of anilines is 2. The Morgan fingerprint density at radius 1 is 1.47 bits per heavy atom. The Morgan fingerprint density at radius 3 is 2.87 bits per heavy atom. The van der Waals surface area contributed by atoms with Crippen LogP contribution in [0.3, 0.4) is 0 Å². The first-order valence-electron chi connectivity index (χ1n) is 4.80. The minimum Gasteiger partial charge on any atom is -0.479 e. The summed E-state index contributed by atoms with van der Waals surface area (Å²) in [6.45, 7) is 3.01. The summed E-state index contributed by atoms with van der Waals surface area (Å²) in [5.74, 6) is 1.07. The van der Waals surface area contributed by atoms with Crippen molar-refractivity contribution in [2.45, 2.75) is 0 Å². The average molecular weight is 210 g/mol. The summed E-state index contributed by atoms with van der Waals surface area (Å²) < 4.78 is 10.3. The van der Waals surface area contributed by atoms with Crippen LogP contribution < -0.4 is 15.4 Å². The lowest BCUT2D eigenvalue weighted by atomic mass is 10.4. The molecule has 6 nitrogen and oxygen atoms in total. The van der Waals surface area contributed by atoms with Gasteiger partial charge in [-0.2, -0.15) is 4.98 Å². The number of rotatable bonds is 2. The molecule has 0 bridgehead atoms. The van der Waals surface area contributed by atoms with Crippen molar-refractivity contribution in [1.82, 2.24) is 9.97 Å². The molecular weight excluding hydrogens is 196 g/mol. The van der Waals surface area contributed by atoms with Crippen LogP contribution in [0, 0.1) is 0 Å². The van der Waals surface area contributed by atoms with Gasteiger partial charge in [-0.05, 0) is 0 Å². The quantitative estimate of drug-likeness (QED) is 0.735. The van der Waals surface area contributed by atoms with Crippen LogP contribution >= 0.6 is 0 Å². The molecule has 82 valence electrons. The molecule has 0 aromatic carbocycles. The smallest absolute Gasteiger partial charge is 0.241 e. The van der Waals surface area contributed by atoms with Crippen LogP contribution in [-0.4, -0.2) is 43.4 Å². The first kappa shape index (κ1) is 9.97. The van der Waals surface area contributed by atoms with Gasteiger partial charge in [-0.25, -0.2) is 4.98 Å². The van der Waals surface area contributed by atoms with E-state index in [-0.39, 0.29) is 0 Å². The van der Waals surface area contributed by atoms with Gasteiger partial charge in [-0.3, -0.25) is 0 Å². The van der Waals surface area contributed by atoms with E-state index in [0.717, 1.165) is 13.1 Å². The van der Waals surface area contributed by atoms with Crippen molar-refractivity contribution in [2.24, 2.45) is 0 Å². The number of hydrogen-bond acceptors (Lipinski definition) is 6. The molecule has 1 fully saturated rings. The van der Waals surface area contributed by atoms with Gasteiger partial charge in [-0.15, -0.1) is 0 Å². The number of morpholine rings is 1. The Balaban J connectivity index is 2.20. The van der Waals surface area contributed by atoms with Crippen LogP contribution in [-0.2, 0) is 4.74 Å². The third-order valence-electron chi connectivity index (χ3n) is 2.25. The van der Waals surface area contributed by atoms with Crippen molar-refractivity contribution in [1.29, 1.82) is 0 Å². The number of ether oxygens (including phenoxy) is 2. The average Bonchev–Trinajstić information content (AvgIpc) is 2.31. The molecule has 1 aliphatic heterocycles. The highest BCUT2D eigenvalue weighted by Gasteiger charge is 2.15. The first-order valence-corrected chi connectivity index (χ1v) is 4.80. The molecule has 0 unspecified atom stereocenters. The van der Waals surface area contributed by atoms with Crippen molar-refractivity contribution < 1.29 is 9.47 Å².